The zero-order valence-electron chi connectivity index (χ0n) is 18.1. The summed E-state index contributed by atoms with van der Waals surface area (Å²) in [5.41, 5.74) is 2.68. The number of anilines is 1. The van der Waals surface area contributed by atoms with Crippen LogP contribution in [0.5, 0.6) is 5.75 Å². The monoisotopic (exact) mass is 477 g/mol. The number of aromatic amines is 1. The number of alkyl halides is 2. The van der Waals surface area contributed by atoms with E-state index in [9.17, 15) is 22.0 Å². The standard InChI is InChI=1S/C23H25F2N3O4S/c1-32-17-4-7-21-19(12-17)20(13-26-21)15-8-10-28(11-9-15)14-22(29)27-16-2-5-18(6-3-16)33(30,31)23(24)25/h2-7,12-13,15,23,26H,8-11,14H2,1H3,(H,27,29). The molecule has 2 N–H and O–H groups in total. The summed E-state index contributed by atoms with van der Waals surface area (Å²) >= 11 is 0. The second-order valence-corrected chi connectivity index (χ2v) is 10.0. The number of hydrogen-bond donors (Lipinski definition) is 2. The van der Waals surface area contributed by atoms with Crippen molar-refractivity contribution in [3.8, 4) is 5.75 Å². The number of nitrogens with zero attached hydrogens (tertiary/aromatic N) is 1. The van der Waals surface area contributed by atoms with Gasteiger partial charge in [0.1, 0.15) is 5.75 Å². The van der Waals surface area contributed by atoms with Gasteiger partial charge in [-0.1, -0.05) is 0 Å². The first-order valence-corrected chi connectivity index (χ1v) is 12.1. The Morgan fingerprint density at radius 3 is 2.52 bits per heavy atom. The van der Waals surface area contributed by atoms with E-state index in [1.54, 1.807) is 7.11 Å². The zero-order valence-corrected chi connectivity index (χ0v) is 18.9. The number of ether oxygens (including phenoxy) is 1. The first-order valence-electron chi connectivity index (χ1n) is 10.6. The van der Waals surface area contributed by atoms with E-state index >= 15 is 0 Å². The van der Waals surface area contributed by atoms with E-state index in [-0.39, 0.29) is 12.5 Å². The van der Waals surface area contributed by atoms with Crippen LogP contribution in [0.15, 0.2) is 53.6 Å². The summed E-state index contributed by atoms with van der Waals surface area (Å²) in [6, 6.07) is 10.7. The molecule has 0 unspecified atom stereocenters. The van der Waals surface area contributed by atoms with Gasteiger partial charge in [0.2, 0.25) is 15.7 Å². The van der Waals surface area contributed by atoms with Crippen molar-refractivity contribution >= 4 is 32.3 Å². The molecule has 1 amide bonds. The molecule has 10 heteroatoms. The van der Waals surface area contributed by atoms with Crippen LogP contribution >= 0.6 is 0 Å². The second kappa shape index (κ2) is 9.48. The Labute approximate surface area is 190 Å². The average molecular weight is 478 g/mol. The lowest BCUT2D eigenvalue weighted by molar-refractivity contribution is -0.117. The number of H-pyrrole nitrogens is 1. The Kier molecular flexibility index (Phi) is 6.66. The predicted molar refractivity (Wildman–Crippen MR) is 122 cm³/mol. The minimum Gasteiger partial charge on any atom is -0.497 e. The third-order valence-electron chi connectivity index (χ3n) is 6.02. The molecule has 4 rings (SSSR count). The van der Waals surface area contributed by atoms with Crippen molar-refractivity contribution in [2.24, 2.45) is 0 Å². The lowest BCUT2D eigenvalue weighted by atomic mass is 9.89. The van der Waals surface area contributed by atoms with Crippen LogP contribution in [0.4, 0.5) is 14.5 Å². The fourth-order valence-corrected chi connectivity index (χ4v) is 4.94. The van der Waals surface area contributed by atoms with E-state index in [0.29, 0.717) is 11.6 Å². The molecule has 176 valence electrons. The van der Waals surface area contributed by atoms with Crippen LogP contribution < -0.4 is 10.1 Å². The lowest BCUT2D eigenvalue weighted by Crippen LogP contribution is -2.38. The number of carbonyl (C=O) groups is 1. The van der Waals surface area contributed by atoms with E-state index < -0.39 is 20.5 Å². The Balaban J connectivity index is 1.32. The molecule has 1 fully saturated rings. The molecule has 0 atom stereocenters. The van der Waals surface area contributed by atoms with Gasteiger partial charge in [-0.05, 0) is 79.9 Å². The molecule has 2 heterocycles. The number of benzene rings is 2. The van der Waals surface area contributed by atoms with Gasteiger partial charge >= 0.3 is 5.76 Å². The molecule has 1 aromatic heterocycles. The molecule has 0 aliphatic carbocycles. The molecule has 1 aliphatic heterocycles. The van der Waals surface area contributed by atoms with Crippen molar-refractivity contribution in [3.05, 3.63) is 54.2 Å². The summed E-state index contributed by atoms with van der Waals surface area (Å²) in [5.74, 6) is -2.52. The third kappa shape index (κ3) is 5.01. The van der Waals surface area contributed by atoms with Crippen LogP contribution in [0.25, 0.3) is 10.9 Å². The number of piperidine rings is 1. The largest absolute Gasteiger partial charge is 0.497 e. The van der Waals surface area contributed by atoms with Gasteiger partial charge in [0.15, 0.2) is 0 Å². The highest BCUT2D eigenvalue weighted by Gasteiger charge is 2.27. The Morgan fingerprint density at radius 1 is 1.18 bits per heavy atom. The first kappa shape index (κ1) is 23.2. The molecule has 33 heavy (non-hydrogen) atoms. The molecule has 0 bridgehead atoms. The van der Waals surface area contributed by atoms with Crippen molar-refractivity contribution in [2.45, 2.75) is 29.4 Å². The molecule has 1 saturated heterocycles. The van der Waals surface area contributed by atoms with Crippen LogP contribution in [-0.2, 0) is 14.6 Å². The number of sulfone groups is 1. The molecule has 0 radical (unpaired) electrons. The molecule has 3 aromatic rings. The highest BCUT2D eigenvalue weighted by Crippen LogP contribution is 2.34. The van der Waals surface area contributed by atoms with Crippen molar-refractivity contribution in [1.82, 2.24) is 9.88 Å². The van der Waals surface area contributed by atoms with Crippen LogP contribution in [0.1, 0.15) is 24.3 Å². The maximum atomic E-state index is 12.6. The highest BCUT2D eigenvalue weighted by molar-refractivity contribution is 7.91. The van der Waals surface area contributed by atoms with E-state index in [4.69, 9.17) is 4.74 Å². The maximum absolute atomic E-state index is 12.6. The zero-order chi connectivity index (χ0) is 23.6. The van der Waals surface area contributed by atoms with Crippen LogP contribution in [0, 0.1) is 0 Å². The van der Waals surface area contributed by atoms with Crippen LogP contribution in [0.2, 0.25) is 0 Å². The number of methoxy groups -OCH3 is 1. The quantitative estimate of drug-likeness (QED) is 0.537. The fraction of sp³-hybridized carbons (Fsp3) is 0.348. The van der Waals surface area contributed by atoms with Gasteiger partial charge < -0.3 is 15.0 Å². The second-order valence-electron chi connectivity index (χ2n) is 8.08. The molecular weight excluding hydrogens is 452 g/mol. The summed E-state index contributed by atoms with van der Waals surface area (Å²) < 4.78 is 53.6. The number of aromatic nitrogens is 1. The fourth-order valence-electron chi connectivity index (χ4n) is 4.22. The van der Waals surface area contributed by atoms with Gasteiger partial charge in [-0.3, -0.25) is 9.69 Å². The summed E-state index contributed by atoms with van der Waals surface area (Å²) in [4.78, 5) is 17.3. The lowest BCUT2D eigenvalue weighted by Gasteiger charge is -2.31. The minimum absolute atomic E-state index is 0.200. The Hall–Kier alpha value is -2.98. The summed E-state index contributed by atoms with van der Waals surface area (Å²) in [5, 5.41) is 3.85. The van der Waals surface area contributed by atoms with Gasteiger partial charge in [0.25, 0.3) is 0 Å². The predicted octanol–water partition coefficient (Wildman–Crippen LogP) is 3.99. The maximum Gasteiger partial charge on any atom is 0.341 e. The number of likely N-dealkylation sites (tertiary alicyclic amines) is 1. The highest BCUT2D eigenvalue weighted by atomic mass is 32.2. The molecule has 0 saturated carbocycles. The topological polar surface area (TPSA) is 91.5 Å². The number of fused-ring (bicyclic) bond motifs is 1. The number of halogens is 2. The van der Waals surface area contributed by atoms with E-state index in [1.807, 2.05) is 18.2 Å². The smallest absolute Gasteiger partial charge is 0.341 e. The SMILES string of the molecule is COc1ccc2[nH]cc(C3CCN(CC(=O)Nc4ccc(S(=O)(=O)C(F)F)cc4)CC3)c2c1. The van der Waals surface area contributed by atoms with Gasteiger partial charge in [0, 0.05) is 22.8 Å². The molecule has 7 nitrogen and oxygen atoms in total. The van der Waals surface area contributed by atoms with Gasteiger partial charge in [0.05, 0.1) is 18.6 Å². The first-order chi connectivity index (χ1) is 15.8. The van der Waals surface area contributed by atoms with Crippen molar-refractivity contribution in [1.29, 1.82) is 0 Å². The molecule has 1 aliphatic rings. The normalized spacial score (nSPS) is 15.8. The van der Waals surface area contributed by atoms with E-state index in [1.165, 1.54) is 17.7 Å². The summed E-state index contributed by atoms with van der Waals surface area (Å²) in [7, 11) is -3.00. The number of amides is 1. The van der Waals surface area contributed by atoms with E-state index in [2.05, 4.69) is 21.4 Å². The van der Waals surface area contributed by atoms with E-state index in [0.717, 1.165) is 54.7 Å². The van der Waals surface area contributed by atoms with Crippen molar-refractivity contribution in [2.75, 3.05) is 32.1 Å². The van der Waals surface area contributed by atoms with Crippen molar-refractivity contribution < 1.29 is 26.7 Å². The molecule has 0 spiro atoms. The third-order valence-corrected chi connectivity index (χ3v) is 7.42. The minimum atomic E-state index is -4.65. The van der Waals surface area contributed by atoms with Gasteiger partial charge in [-0.15, -0.1) is 0 Å². The molecular formula is C23H25F2N3O4S. The van der Waals surface area contributed by atoms with Gasteiger partial charge in [-0.25, -0.2) is 8.42 Å². The van der Waals surface area contributed by atoms with Crippen molar-refractivity contribution in [3.63, 3.8) is 0 Å². The number of rotatable bonds is 7. The summed E-state index contributed by atoms with van der Waals surface area (Å²) in [6.07, 6.45) is 3.88. The number of carbonyl (C=O) groups excluding carboxylic acids is 1. The number of hydrogen-bond acceptors (Lipinski definition) is 5. The Morgan fingerprint density at radius 2 is 1.88 bits per heavy atom. The molecule has 2 aromatic carbocycles. The van der Waals surface area contributed by atoms with Gasteiger partial charge in [-0.2, -0.15) is 8.78 Å². The number of nitrogens with one attached hydrogen (secondary N) is 2. The van der Waals surface area contributed by atoms with Crippen LogP contribution in [-0.4, -0.2) is 56.7 Å². The summed E-state index contributed by atoms with van der Waals surface area (Å²) in [6.45, 7) is 1.73. The Bertz CT molecular complexity index is 1230. The van der Waals surface area contributed by atoms with Crippen LogP contribution in [0.3, 0.4) is 0 Å². The average Bonchev–Trinajstić information content (AvgIpc) is 3.23.